The van der Waals surface area contributed by atoms with Crippen molar-refractivity contribution in [2.75, 3.05) is 0 Å². The van der Waals surface area contributed by atoms with Gasteiger partial charge >= 0.3 is 6.18 Å². The van der Waals surface area contributed by atoms with Crippen LogP contribution in [0.4, 0.5) is 13.2 Å². The van der Waals surface area contributed by atoms with E-state index in [1.54, 1.807) is 18.3 Å². The molecule has 0 saturated carbocycles. The van der Waals surface area contributed by atoms with E-state index in [1.165, 1.54) is 16.7 Å². The lowest BCUT2D eigenvalue weighted by molar-refractivity contribution is -0.137. The minimum atomic E-state index is -4.34. The lowest BCUT2D eigenvalue weighted by atomic mass is 10.1. The third-order valence-electron chi connectivity index (χ3n) is 2.61. The molecule has 0 aliphatic rings. The van der Waals surface area contributed by atoms with E-state index in [2.05, 4.69) is 15.9 Å². The Morgan fingerprint density at radius 2 is 1.74 bits per heavy atom. The SMILES string of the molecule is O=c1c(Br)cccn1Cc1ccc(C(F)(F)F)cc1. The molecule has 1 aromatic heterocycles. The molecule has 0 N–H and O–H groups in total. The highest BCUT2D eigenvalue weighted by Crippen LogP contribution is 2.29. The third-order valence-corrected chi connectivity index (χ3v) is 3.21. The van der Waals surface area contributed by atoms with Gasteiger partial charge in [0.25, 0.3) is 5.56 Å². The number of nitrogens with zero attached hydrogens (tertiary/aromatic N) is 1. The Balaban J connectivity index is 2.25. The predicted molar refractivity (Wildman–Crippen MR) is 68.9 cm³/mol. The van der Waals surface area contributed by atoms with Crippen molar-refractivity contribution in [3.8, 4) is 0 Å². The van der Waals surface area contributed by atoms with E-state index in [0.29, 0.717) is 10.0 Å². The van der Waals surface area contributed by atoms with Gasteiger partial charge in [-0.25, -0.2) is 0 Å². The van der Waals surface area contributed by atoms with E-state index in [-0.39, 0.29) is 12.1 Å². The predicted octanol–water partition coefficient (Wildman–Crippen LogP) is 3.68. The Kier molecular flexibility index (Phi) is 3.80. The van der Waals surface area contributed by atoms with Crippen LogP contribution in [0.2, 0.25) is 0 Å². The molecule has 0 aliphatic heterocycles. The Hall–Kier alpha value is -1.56. The van der Waals surface area contributed by atoms with Crippen molar-refractivity contribution in [1.82, 2.24) is 4.57 Å². The van der Waals surface area contributed by atoms with Gasteiger partial charge in [0, 0.05) is 6.20 Å². The molecule has 0 radical (unpaired) electrons. The van der Waals surface area contributed by atoms with Gasteiger partial charge in [0.1, 0.15) is 0 Å². The summed E-state index contributed by atoms with van der Waals surface area (Å²) in [5.41, 5.74) is -0.284. The van der Waals surface area contributed by atoms with Crippen LogP contribution in [-0.2, 0) is 12.7 Å². The van der Waals surface area contributed by atoms with Gasteiger partial charge in [-0.2, -0.15) is 13.2 Å². The maximum absolute atomic E-state index is 12.4. The van der Waals surface area contributed by atoms with Crippen LogP contribution in [0.3, 0.4) is 0 Å². The van der Waals surface area contributed by atoms with Crippen molar-refractivity contribution in [2.24, 2.45) is 0 Å². The molecule has 19 heavy (non-hydrogen) atoms. The van der Waals surface area contributed by atoms with Crippen LogP contribution in [0.15, 0.2) is 51.9 Å². The average Bonchev–Trinajstić information content (AvgIpc) is 2.35. The smallest absolute Gasteiger partial charge is 0.310 e. The number of alkyl halides is 3. The number of hydrogen-bond donors (Lipinski definition) is 0. The van der Waals surface area contributed by atoms with Gasteiger partial charge < -0.3 is 4.57 Å². The van der Waals surface area contributed by atoms with Gasteiger partial charge in [0.2, 0.25) is 0 Å². The quantitative estimate of drug-likeness (QED) is 0.822. The van der Waals surface area contributed by atoms with Gasteiger partial charge in [-0.15, -0.1) is 0 Å². The van der Waals surface area contributed by atoms with Crippen molar-refractivity contribution in [2.45, 2.75) is 12.7 Å². The molecule has 0 aliphatic carbocycles. The van der Waals surface area contributed by atoms with Gasteiger partial charge in [0.15, 0.2) is 0 Å². The Labute approximate surface area is 115 Å². The first-order valence-electron chi connectivity index (χ1n) is 5.39. The summed E-state index contributed by atoms with van der Waals surface area (Å²) in [6.45, 7) is 0.233. The number of hydrogen-bond acceptors (Lipinski definition) is 1. The maximum Gasteiger partial charge on any atom is 0.416 e. The normalized spacial score (nSPS) is 11.6. The summed E-state index contributed by atoms with van der Waals surface area (Å²) in [5.74, 6) is 0. The van der Waals surface area contributed by atoms with E-state index in [0.717, 1.165) is 12.1 Å². The van der Waals surface area contributed by atoms with Crippen molar-refractivity contribution in [3.63, 3.8) is 0 Å². The summed E-state index contributed by atoms with van der Waals surface area (Å²) in [6, 6.07) is 8.07. The van der Waals surface area contributed by atoms with Crippen LogP contribution in [0.5, 0.6) is 0 Å². The summed E-state index contributed by atoms with van der Waals surface area (Å²) in [6.07, 6.45) is -2.75. The minimum Gasteiger partial charge on any atom is -0.310 e. The summed E-state index contributed by atoms with van der Waals surface area (Å²) in [5, 5.41) is 0. The first kappa shape index (κ1) is 13.9. The molecule has 1 aromatic carbocycles. The number of pyridine rings is 1. The molecule has 1 heterocycles. The molecule has 0 spiro atoms. The van der Waals surface area contributed by atoms with Crippen LogP contribution >= 0.6 is 15.9 Å². The minimum absolute atomic E-state index is 0.220. The van der Waals surface area contributed by atoms with Crippen molar-refractivity contribution in [3.05, 3.63) is 68.5 Å². The van der Waals surface area contributed by atoms with Crippen molar-refractivity contribution >= 4 is 15.9 Å². The van der Waals surface area contributed by atoms with E-state index in [4.69, 9.17) is 0 Å². The molecular formula is C13H9BrF3NO. The van der Waals surface area contributed by atoms with Gasteiger partial charge in [0.05, 0.1) is 16.6 Å². The molecule has 100 valence electrons. The monoisotopic (exact) mass is 331 g/mol. The number of benzene rings is 1. The Morgan fingerprint density at radius 3 is 2.32 bits per heavy atom. The second kappa shape index (κ2) is 5.21. The second-order valence-corrected chi connectivity index (χ2v) is 4.84. The zero-order valence-corrected chi connectivity index (χ0v) is 11.2. The molecule has 0 bridgehead atoms. The van der Waals surface area contributed by atoms with Crippen LogP contribution in [-0.4, -0.2) is 4.57 Å². The molecule has 0 fully saturated rings. The van der Waals surface area contributed by atoms with Crippen LogP contribution < -0.4 is 5.56 Å². The molecule has 2 aromatic rings. The maximum atomic E-state index is 12.4. The highest BCUT2D eigenvalue weighted by molar-refractivity contribution is 9.10. The number of aromatic nitrogens is 1. The summed E-state index contributed by atoms with van der Waals surface area (Å²) in [7, 11) is 0. The first-order valence-corrected chi connectivity index (χ1v) is 6.18. The third kappa shape index (κ3) is 3.26. The topological polar surface area (TPSA) is 22.0 Å². The van der Waals surface area contributed by atoms with Gasteiger partial charge in [-0.1, -0.05) is 12.1 Å². The second-order valence-electron chi connectivity index (χ2n) is 3.98. The van der Waals surface area contributed by atoms with Crippen molar-refractivity contribution < 1.29 is 13.2 Å². The molecule has 2 nitrogen and oxygen atoms in total. The van der Waals surface area contributed by atoms with E-state index in [1.807, 2.05) is 0 Å². The standard InChI is InChI=1S/C13H9BrF3NO/c14-11-2-1-7-18(12(11)19)8-9-3-5-10(6-4-9)13(15,16)17/h1-7H,8H2. The molecule has 2 rings (SSSR count). The largest absolute Gasteiger partial charge is 0.416 e. The molecule has 0 saturated heterocycles. The zero-order valence-electron chi connectivity index (χ0n) is 9.62. The van der Waals surface area contributed by atoms with Crippen molar-refractivity contribution in [1.29, 1.82) is 0 Å². The molecular weight excluding hydrogens is 323 g/mol. The molecule has 0 unspecified atom stereocenters. The Bertz CT molecular complexity index is 632. The summed E-state index contributed by atoms with van der Waals surface area (Å²) >= 11 is 3.12. The van der Waals surface area contributed by atoms with E-state index < -0.39 is 11.7 Å². The molecule has 6 heteroatoms. The number of rotatable bonds is 2. The van der Waals surface area contributed by atoms with Crippen LogP contribution in [0, 0.1) is 0 Å². The first-order chi connectivity index (χ1) is 8.88. The molecule has 0 atom stereocenters. The van der Waals surface area contributed by atoms with Gasteiger partial charge in [-0.3, -0.25) is 4.79 Å². The Morgan fingerprint density at radius 1 is 1.11 bits per heavy atom. The van der Waals surface area contributed by atoms with Crippen LogP contribution in [0.25, 0.3) is 0 Å². The lowest BCUT2D eigenvalue weighted by Gasteiger charge is -2.09. The zero-order chi connectivity index (χ0) is 14.0. The summed E-state index contributed by atoms with van der Waals surface area (Å²) in [4.78, 5) is 11.7. The average molecular weight is 332 g/mol. The fraction of sp³-hybridized carbons (Fsp3) is 0.154. The van der Waals surface area contributed by atoms with E-state index >= 15 is 0 Å². The lowest BCUT2D eigenvalue weighted by Crippen LogP contribution is -2.20. The highest BCUT2D eigenvalue weighted by Gasteiger charge is 2.29. The fourth-order valence-electron chi connectivity index (χ4n) is 1.63. The fourth-order valence-corrected chi connectivity index (χ4v) is 2.01. The summed E-state index contributed by atoms with van der Waals surface area (Å²) < 4.78 is 39.0. The highest BCUT2D eigenvalue weighted by atomic mass is 79.9. The number of halogens is 4. The van der Waals surface area contributed by atoms with E-state index in [9.17, 15) is 18.0 Å². The van der Waals surface area contributed by atoms with Gasteiger partial charge in [-0.05, 0) is 45.8 Å². The molecule has 0 amide bonds. The van der Waals surface area contributed by atoms with Crippen LogP contribution in [0.1, 0.15) is 11.1 Å².